The van der Waals surface area contributed by atoms with Crippen molar-refractivity contribution in [2.75, 3.05) is 17.4 Å². The smallest absolute Gasteiger partial charge is 0.264 e. The molecule has 1 atom stereocenters. The van der Waals surface area contributed by atoms with Gasteiger partial charge in [0.1, 0.15) is 12.6 Å². The first-order chi connectivity index (χ1) is 18.8. The minimum atomic E-state index is -4.15. The Morgan fingerprint density at radius 3 is 2.17 bits per heavy atom. The fourth-order valence-electron chi connectivity index (χ4n) is 4.19. The van der Waals surface area contributed by atoms with Gasteiger partial charge in [0, 0.05) is 18.1 Å². The summed E-state index contributed by atoms with van der Waals surface area (Å²) in [6, 6.07) is 18.0. The van der Waals surface area contributed by atoms with Crippen LogP contribution in [0.15, 0.2) is 71.6 Å². The molecule has 214 valence electrons. The quantitative estimate of drug-likeness (QED) is 0.316. The number of halogens is 1. The van der Waals surface area contributed by atoms with Crippen LogP contribution in [-0.4, -0.2) is 44.3 Å². The summed E-state index contributed by atoms with van der Waals surface area (Å²) >= 11 is 6.01. The van der Waals surface area contributed by atoms with Crippen molar-refractivity contribution in [2.45, 2.75) is 59.0 Å². The number of hydrogen-bond acceptors (Lipinski definition) is 4. The van der Waals surface area contributed by atoms with Gasteiger partial charge < -0.3 is 10.2 Å². The van der Waals surface area contributed by atoms with E-state index in [1.807, 2.05) is 65.0 Å². The highest BCUT2D eigenvalue weighted by Gasteiger charge is 2.32. The van der Waals surface area contributed by atoms with E-state index in [4.69, 9.17) is 11.6 Å². The summed E-state index contributed by atoms with van der Waals surface area (Å²) in [6.07, 6.45) is 0. The Kier molecular flexibility index (Phi) is 10.4. The standard InChI is InChI=1S/C31H38ClN3O4S/c1-21(2)18-33-31(37)25(6)34(19-26-9-7-8-22(3)16-26)30(36)20-35(28-13-10-23(4)24(5)17-28)40(38,39)29-14-11-27(32)12-15-29/h7-17,21,25H,18-20H2,1-6H3,(H,33,37)/t25-/m1/s1. The van der Waals surface area contributed by atoms with Crippen LogP contribution in [0.1, 0.15) is 43.0 Å². The Hall–Kier alpha value is -3.36. The average Bonchev–Trinajstić information content (AvgIpc) is 2.90. The van der Waals surface area contributed by atoms with Gasteiger partial charge in [0.15, 0.2) is 0 Å². The normalized spacial score (nSPS) is 12.2. The lowest BCUT2D eigenvalue weighted by atomic mass is 10.1. The maximum atomic E-state index is 14.0. The summed E-state index contributed by atoms with van der Waals surface area (Å²) in [5.41, 5.74) is 4.10. The van der Waals surface area contributed by atoms with Crippen LogP contribution >= 0.6 is 11.6 Å². The molecule has 0 saturated carbocycles. The number of hydrogen-bond donors (Lipinski definition) is 1. The van der Waals surface area contributed by atoms with Crippen LogP contribution in [0.5, 0.6) is 0 Å². The Labute approximate surface area is 243 Å². The highest BCUT2D eigenvalue weighted by atomic mass is 35.5. The molecule has 9 heteroatoms. The highest BCUT2D eigenvalue weighted by Crippen LogP contribution is 2.27. The van der Waals surface area contributed by atoms with Gasteiger partial charge in [0.25, 0.3) is 10.0 Å². The molecule has 3 aromatic carbocycles. The predicted octanol–water partition coefficient (Wildman–Crippen LogP) is 5.65. The molecule has 7 nitrogen and oxygen atoms in total. The van der Waals surface area contributed by atoms with Gasteiger partial charge in [-0.1, -0.05) is 61.3 Å². The van der Waals surface area contributed by atoms with Crippen molar-refractivity contribution in [1.29, 1.82) is 0 Å². The zero-order valence-electron chi connectivity index (χ0n) is 23.9. The van der Waals surface area contributed by atoms with Gasteiger partial charge >= 0.3 is 0 Å². The van der Waals surface area contributed by atoms with Gasteiger partial charge in [-0.05, 0) is 86.7 Å². The van der Waals surface area contributed by atoms with Crippen molar-refractivity contribution >= 4 is 39.1 Å². The van der Waals surface area contributed by atoms with E-state index in [1.54, 1.807) is 19.1 Å². The molecule has 0 aliphatic heterocycles. The number of aryl methyl sites for hydroxylation is 3. The van der Waals surface area contributed by atoms with E-state index in [1.165, 1.54) is 29.2 Å². The summed E-state index contributed by atoms with van der Waals surface area (Å²) in [5.74, 6) is -0.556. The van der Waals surface area contributed by atoms with Gasteiger partial charge in [-0.3, -0.25) is 13.9 Å². The summed E-state index contributed by atoms with van der Waals surface area (Å²) in [7, 11) is -4.15. The van der Waals surface area contributed by atoms with Gasteiger partial charge in [-0.25, -0.2) is 8.42 Å². The van der Waals surface area contributed by atoms with Crippen LogP contribution in [-0.2, 0) is 26.2 Å². The number of carbonyl (C=O) groups is 2. The molecule has 0 aromatic heterocycles. The van der Waals surface area contributed by atoms with E-state index in [2.05, 4.69) is 5.32 Å². The molecular weight excluding hydrogens is 546 g/mol. The Bertz CT molecular complexity index is 1460. The first kappa shape index (κ1) is 31.2. The van der Waals surface area contributed by atoms with E-state index < -0.39 is 28.5 Å². The number of nitrogens with one attached hydrogen (secondary N) is 1. The van der Waals surface area contributed by atoms with Crippen molar-refractivity contribution in [1.82, 2.24) is 10.2 Å². The molecule has 0 unspecified atom stereocenters. The summed E-state index contributed by atoms with van der Waals surface area (Å²) in [5, 5.41) is 3.30. The van der Waals surface area contributed by atoms with Crippen LogP contribution in [0.25, 0.3) is 0 Å². The summed E-state index contributed by atoms with van der Waals surface area (Å²) in [4.78, 5) is 28.5. The second kappa shape index (κ2) is 13.3. The Morgan fingerprint density at radius 2 is 1.57 bits per heavy atom. The lowest BCUT2D eigenvalue weighted by Gasteiger charge is -2.32. The molecule has 0 aliphatic carbocycles. The number of benzene rings is 3. The average molecular weight is 584 g/mol. The van der Waals surface area contributed by atoms with E-state index in [9.17, 15) is 18.0 Å². The molecule has 0 bridgehead atoms. The van der Waals surface area contributed by atoms with Crippen molar-refractivity contribution < 1.29 is 18.0 Å². The molecule has 3 aromatic rings. The number of carbonyl (C=O) groups excluding carboxylic acids is 2. The van der Waals surface area contributed by atoms with Gasteiger partial charge in [-0.15, -0.1) is 0 Å². The van der Waals surface area contributed by atoms with Crippen LogP contribution in [0.4, 0.5) is 5.69 Å². The first-order valence-corrected chi connectivity index (χ1v) is 15.1. The highest BCUT2D eigenvalue weighted by molar-refractivity contribution is 7.92. The van der Waals surface area contributed by atoms with Gasteiger partial charge in [-0.2, -0.15) is 0 Å². The predicted molar refractivity (Wildman–Crippen MR) is 161 cm³/mol. The van der Waals surface area contributed by atoms with Crippen molar-refractivity contribution in [3.8, 4) is 0 Å². The maximum Gasteiger partial charge on any atom is 0.264 e. The van der Waals surface area contributed by atoms with Crippen LogP contribution < -0.4 is 9.62 Å². The molecule has 0 fully saturated rings. The molecule has 2 amide bonds. The molecule has 0 radical (unpaired) electrons. The van der Waals surface area contributed by atoms with Gasteiger partial charge in [0.2, 0.25) is 11.8 Å². The number of sulfonamides is 1. The Morgan fingerprint density at radius 1 is 0.900 bits per heavy atom. The van der Waals surface area contributed by atoms with Crippen molar-refractivity contribution in [3.05, 3.63) is 94.0 Å². The largest absolute Gasteiger partial charge is 0.354 e. The fraction of sp³-hybridized carbons (Fsp3) is 0.355. The zero-order chi connectivity index (χ0) is 29.6. The Balaban J connectivity index is 2.04. The van der Waals surface area contributed by atoms with E-state index in [0.29, 0.717) is 17.3 Å². The van der Waals surface area contributed by atoms with Gasteiger partial charge in [0.05, 0.1) is 10.6 Å². The molecule has 0 saturated heterocycles. The summed E-state index contributed by atoms with van der Waals surface area (Å²) in [6.45, 7) is 11.6. The number of rotatable bonds is 11. The SMILES string of the molecule is Cc1cccc(CN(C(=O)CN(c2ccc(C)c(C)c2)S(=O)(=O)c2ccc(Cl)cc2)[C@H](C)C(=O)NCC(C)C)c1. The minimum Gasteiger partial charge on any atom is -0.354 e. The molecular formula is C31H38ClN3O4S. The molecule has 1 N–H and O–H groups in total. The number of anilines is 1. The third kappa shape index (κ3) is 7.86. The topological polar surface area (TPSA) is 86.8 Å². The minimum absolute atomic E-state index is 0.0101. The molecule has 0 aliphatic rings. The molecule has 0 spiro atoms. The first-order valence-electron chi connectivity index (χ1n) is 13.3. The fourth-order valence-corrected chi connectivity index (χ4v) is 5.72. The van der Waals surface area contributed by atoms with Crippen molar-refractivity contribution in [3.63, 3.8) is 0 Å². The number of amides is 2. The van der Waals surface area contributed by atoms with E-state index in [0.717, 1.165) is 26.6 Å². The molecule has 40 heavy (non-hydrogen) atoms. The third-order valence-corrected chi connectivity index (χ3v) is 8.79. The third-order valence-electron chi connectivity index (χ3n) is 6.75. The molecule has 0 heterocycles. The maximum absolute atomic E-state index is 14.0. The van der Waals surface area contributed by atoms with Crippen molar-refractivity contribution in [2.24, 2.45) is 5.92 Å². The van der Waals surface area contributed by atoms with Crippen LogP contribution in [0.2, 0.25) is 5.02 Å². The number of nitrogens with zero attached hydrogens (tertiary/aromatic N) is 2. The zero-order valence-corrected chi connectivity index (χ0v) is 25.5. The monoisotopic (exact) mass is 583 g/mol. The van der Waals surface area contributed by atoms with Crippen LogP contribution in [0, 0.1) is 26.7 Å². The second-order valence-corrected chi connectivity index (χ2v) is 12.9. The second-order valence-electron chi connectivity index (χ2n) is 10.6. The molecule has 3 rings (SSSR count). The van der Waals surface area contributed by atoms with E-state index >= 15 is 0 Å². The summed E-state index contributed by atoms with van der Waals surface area (Å²) < 4.78 is 28.9. The van der Waals surface area contributed by atoms with E-state index in [-0.39, 0.29) is 23.3 Å². The lowest BCUT2D eigenvalue weighted by molar-refractivity contribution is -0.139. The van der Waals surface area contributed by atoms with Crippen LogP contribution in [0.3, 0.4) is 0 Å². The lowest BCUT2D eigenvalue weighted by Crippen LogP contribution is -2.51.